The maximum Gasteiger partial charge on any atom is 0.433 e. The van der Waals surface area contributed by atoms with Gasteiger partial charge in [-0.25, -0.2) is 4.98 Å². The van der Waals surface area contributed by atoms with Gasteiger partial charge in [0.25, 0.3) is 0 Å². The van der Waals surface area contributed by atoms with Crippen LogP contribution < -0.4 is 5.32 Å². The average molecular weight is 290 g/mol. The van der Waals surface area contributed by atoms with Gasteiger partial charge in [-0.05, 0) is 25.0 Å². The van der Waals surface area contributed by atoms with Gasteiger partial charge in [0.2, 0.25) is 0 Å². The number of alkyl halides is 3. The lowest BCUT2D eigenvalue weighted by molar-refractivity contribution is -0.141. The standard InChI is InChI=1S/C13H17F3N2O2/c14-13(15,16)10-6-5-7-11(18-10)17-9-4-2-1-3-8-12(19)20/h5-7H,1-4,8-9H2,(H,17,18)(H,19,20). The molecule has 7 heteroatoms. The van der Waals surface area contributed by atoms with Crippen molar-refractivity contribution >= 4 is 11.8 Å². The predicted molar refractivity (Wildman–Crippen MR) is 68.4 cm³/mol. The third kappa shape index (κ3) is 6.40. The quantitative estimate of drug-likeness (QED) is 0.719. The Morgan fingerprint density at radius 3 is 2.55 bits per heavy atom. The molecule has 0 unspecified atom stereocenters. The minimum Gasteiger partial charge on any atom is -0.481 e. The van der Waals surface area contributed by atoms with Gasteiger partial charge in [-0.2, -0.15) is 13.2 Å². The Morgan fingerprint density at radius 1 is 1.20 bits per heavy atom. The van der Waals surface area contributed by atoms with Crippen LogP contribution in [0.4, 0.5) is 19.0 Å². The molecule has 0 fully saturated rings. The highest BCUT2D eigenvalue weighted by Crippen LogP contribution is 2.28. The molecule has 1 heterocycles. The lowest BCUT2D eigenvalue weighted by Crippen LogP contribution is -2.10. The lowest BCUT2D eigenvalue weighted by atomic mass is 10.1. The Morgan fingerprint density at radius 2 is 1.90 bits per heavy atom. The number of halogens is 3. The summed E-state index contributed by atoms with van der Waals surface area (Å²) in [6, 6.07) is 3.72. The van der Waals surface area contributed by atoms with Crippen molar-refractivity contribution in [3.8, 4) is 0 Å². The molecule has 0 aliphatic rings. The summed E-state index contributed by atoms with van der Waals surface area (Å²) in [5.41, 5.74) is -0.913. The number of hydrogen-bond donors (Lipinski definition) is 2. The molecule has 0 saturated heterocycles. The summed E-state index contributed by atoms with van der Waals surface area (Å²) >= 11 is 0. The number of aromatic nitrogens is 1. The molecule has 0 spiro atoms. The summed E-state index contributed by atoms with van der Waals surface area (Å²) in [5, 5.41) is 11.3. The van der Waals surface area contributed by atoms with E-state index in [2.05, 4.69) is 10.3 Å². The zero-order chi connectivity index (χ0) is 15.0. The van der Waals surface area contributed by atoms with Crippen molar-refractivity contribution in [2.24, 2.45) is 0 Å². The number of rotatable bonds is 8. The highest BCUT2D eigenvalue weighted by Gasteiger charge is 2.32. The van der Waals surface area contributed by atoms with Gasteiger partial charge in [-0.15, -0.1) is 0 Å². The maximum atomic E-state index is 12.4. The molecule has 4 nitrogen and oxygen atoms in total. The largest absolute Gasteiger partial charge is 0.481 e. The molecule has 0 bridgehead atoms. The van der Waals surface area contributed by atoms with Crippen LogP contribution in [0.25, 0.3) is 0 Å². The van der Waals surface area contributed by atoms with Gasteiger partial charge in [-0.1, -0.05) is 18.9 Å². The number of carboxylic acids is 1. The van der Waals surface area contributed by atoms with E-state index < -0.39 is 17.8 Å². The monoisotopic (exact) mass is 290 g/mol. The van der Waals surface area contributed by atoms with E-state index >= 15 is 0 Å². The van der Waals surface area contributed by atoms with Crippen LogP contribution in [0.2, 0.25) is 0 Å². The van der Waals surface area contributed by atoms with Crippen molar-refractivity contribution in [1.82, 2.24) is 4.98 Å². The maximum absolute atomic E-state index is 12.4. The summed E-state index contributed by atoms with van der Waals surface area (Å²) < 4.78 is 37.3. The molecule has 0 radical (unpaired) electrons. The van der Waals surface area contributed by atoms with Crippen LogP contribution in [0.3, 0.4) is 0 Å². The van der Waals surface area contributed by atoms with Crippen LogP contribution in [-0.2, 0) is 11.0 Å². The van der Waals surface area contributed by atoms with Crippen LogP contribution in [0.15, 0.2) is 18.2 Å². The molecule has 1 aromatic heterocycles. The second-order valence-electron chi connectivity index (χ2n) is 4.39. The first-order valence-electron chi connectivity index (χ1n) is 6.39. The molecule has 20 heavy (non-hydrogen) atoms. The van der Waals surface area contributed by atoms with Crippen LogP contribution in [0, 0.1) is 0 Å². The first kappa shape index (κ1) is 16.3. The molecule has 0 amide bonds. The minimum atomic E-state index is -4.44. The van der Waals surface area contributed by atoms with E-state index in [1.807, 2.05) is 0 Å². The Kier molecular flexibility index (Phi) is 6.27. The van der Waals surface area contributed by atoms with Crippen LogP contribution in [0.5, 0.6) is 0 Å². The van der Waals surface area contributed by atoms with Crippen molar-refractivity contribution in [3.05, 3.63) is 23.9 Å². The summed E-state index contributed by atoms with van der Waals surface area (Å²) in [5.74, 6) is -0.610. The second-order valence-corrected chi connectivity index (χ2v) is 4.39. The third-order valence-corrected chi connectivity index (χ3v) is 2.66. The van der Waals surface area contributed by atoms with E-state index in [4.69, 9.17) is 5.11 Å². The number of nitrogens with zero attached hydrogens (tertiary/aromatic N) is 1. The molecule has 0 aliphatic carbocycles. The van der Waals surface area contributed by atoms with Crippen molar-refractivity contribution < 1.29 is 23.1 Å². The summed E-state index contributed by atoms with van der Waals surface area (Å²) in [6.07, 6.45) is -1.27. The van der Waals surface area contributed by atoms with E-state index in [0.717, 1.165) is 25.3 Å². The third-order valence-electron chi connectivity index (χ3n) is 2.66. The number of unbranched alkanes of at least 4 members (excludes halogenated alkanes) is 3. The number of aliphatic carboxylic acids is 1. The van der Waals surface area contributed by atoms with E-state index in [1.54, 1.807) is 0 Å². The Hall–Kier alpha value is -1.79. The molecule has 0 aromatic carbocycles. The van der Waals surface area contributed by atoms with E-state index in [9.17, 15) is 18.0 Å². The van der Waals surface area contributed by atoms with Gasteiger partial charge in [0, 0.05) is 13.0 Å². The highest BCUT2D eigenvalue weighted by atomic mass is 19.4. The van der Waals surface area contributed by atoms with Gasteiger partial charge in [0.1, 0.15) is 11.5 Å². The summed E-state index contributed by atoms with van der Waals surface area (Å²) in [6.45, 7) is 0.515. The minimum absolute atomic E-state index is 0.155. The second kappa shape index (κ2) is 7.72. The molecule has 112 valence electrons. The summed E-state index contributed by atoms with van der Waals surface area (Å²) in [7, 11) is 0. The number of hydrogen-bond acceptors (Lipinski definition) is 3. The Bertz CT molecular complexity index is 436. The van der Waals surface area contributed by atoms with E-state index in [0.29, 0.717) is 13.0 Å². The molecule has 1 rings (SSSR count). The van der Waals surface area contributed by atoms with Gasteiger partial charge < -0.3 is 10.4 Å². The molecule has 0 saturated carbocycles. The molecule has 0 aliphatic heterocycles. The molecular weight excluding hydrogens is 273 g/mol. The summed E-state index contributed by atoms with van der Waals surface area (Å²) in [4.78, 5) is 13.8. The topological polar surface area (TPSA) is 62.2 Å². The van der Waals surface area contributed by atoms with Crippen molar-refractivity contribution in [2.75, 3.05) is 11.9 Å². The van der Waals surface area contributed by atoms with Gasteiger partial charge in [0.05, 0.1) is 0 Å². The van der Waals surface area contributed by atoms with Crippen molar-refractivity contribution in [2.45, 2.75) is 38.3 Å². The Labute approximate surface area is 115 Å². The predicted octanol–water partition coefficient (Wildman–Crippen LogP) is 3.55. The number of carboxylic acid groups (broad SMARTS) is 1. The first-order chi connectivity index (χ1) is 9.39. The fraction of sp³-hybridized carbons (Fsp3) is 0.538. The molecular formula is C13H17F3N2O2. The number of anilines is 1. The van der Waals surface area contributed by atoms with Crippen LogP contribution >= 0.6 is 0 Å². The number of pyridine rings is 1. The van der Waals surface area contributed by atoms with Crippen molar-refractivity contribution in [1.29, 1.82) is 0 Å². The normalized spacial score (nSPS) is 11.3. The molecule has 1 aromatic rings. The number of carbonyl (C=O) groups is 1. The highest BCUT2D eigenvalue weighted by molar-refractivity contribution is 5.66. The zero-order valence-corrected chi connectivity index (χ0v) is 10.9. The van der Waals surface area contributed by atoms with E-state index in [1.165, 1.54) is 12.1 Å². The van der Waals surface area contributed by atoms with Crippen LogP contribution in [0.1, 0.15) is 37.8 Å². The fourth-order valence-electron chi connectivity index (χ4n) is 1.66. The van der Waals surface area contributed by atoms with E-state index in [-0.39, 0.29) is 12.2 Å². The average Bonchev–Trinajstić information content (AvgIpc) is 2.36. The van der Waals surface area contributed by atoms with Crippen molar-refractivity contribution in [3.63, 3.8) is 0 Å². The molecule has 0 atom stereocenters. The SMILES string of the molecule is O=C(O)CCCCCCNc1cccc(C(F)(F)F)n1. The number of nitrogens with one attached hydrogen (secondary N) is 1. The smallest absolute Gasteiger partial charge is 0.433 e. The van der Waals surface area contributed by atoms with Gasteiger partial charge >= 0.3 is 12.1 Å². The van der Waals surface area contributed by atoms with Gasteiger partial charge in [0.15, 0.2) is 0 Å². The fourth-order valence-corrected chi connectivity index (χ4v) is 1.66. The zero-order valence-electron chi connectivity index (χ0n) is 10.9. The molecule has 2 N–H and O–H groups in total. The van der Waals surface area contributed by atoms with Gasteiger partial charge in [-0.3, -0.25) is 4.79 Å². The Balaban J connectivity index is 2.24. The first-order valence-corrected chi connectivity index (χ1v) is 6.39. The van der Waals surface area contributed by atoms with Crippen LogP contribution in [-0.4, -0.2) is 22.6 Å². The lowest BCUT2D eigenvalue weighted by Gasteiger charge is -2.09.